The number of ether oxygens (including phenoxy) is 3. The molecule has 9 aliphatic heterocycles. The van der Waals surface area contributed by atoms with Crippen LogP contribution in [0.15, 0.2) is 40.3 Å². The summed E-state index contributed by atoms with van der Waals surface area (Å²) in [7, 11) is 5.35. The first-order valence-corrected chi connectivity index (χ1v) is 19.2. The molecule has 10 heterocycles. The van der Waals surface area contributed by atoms with E-state index in [9.17, 15) is 9.59 Å². The molecule has 3 spiro atoms. The highest BCUT2D eigenvalue weighted by atomic mass is 16.6. The third-order valence-corrected chi connectivity index (χ3v) is 16.7. The van der Waals surface area contributed by atoms with Gasteiger partial charge in [-0.2, -0.15) is 0 Å². The molecule has 11 aliphatic rings. The molecule has 8 bridgehead atoms. The third-order valence-electron chi connectivity index (χ3n) is 16.7. The molecule has 14 rings (SSSR count). The van der Waals surface area contributed by atoms with Crippen molar-refractivity contribution in [2.24, 2.45) is 23.7 Å². The van der Waals surface area contributed by atoms with Crippen molar-refractivity contribution < 1.29 is 28.2 Å². The Hall–Kier alpha value is -3.60. The second-order valence-electron chi connectivity index (χ2n) is 17.4. The van der Waals surface area contributed by atoms with Gasteiger partial charge in [0.25, 0.3) is 0 Å². The summed E-state index contributed by atoms with van der Waals surface area (Å²) in [6.07, 6.45) is 8.09. The summed E-state index contributed by atoms with van der Waals surface area (Å²) >= 11 is 0. The van der Waals surface area contributed by atoms with Gasteiger partial charge < -0.3 is 28.8 Å². The number of epoxide rings is 1. The average molecular weight is 691 g/mol. The van der Waals surface area contributed by atoms with Crippen LogP contribution in [0.3, 0.4) is 0 Å². The molecule has 7 saturated heterocycles. The van der Waals surface area contributed by atoms with Crippen molar-refractivity contribution >= 4 is 45.3 Å². The Kier molecular flexibility index (Phi) is 5.25. The second-order valence-corrected chi connectivity index (χ2v) is 17.4. The molecule has 1 N–H and O–H groups in total. The Bertz CT molecular complexity index is 2200. The van der Waals surface area contributed by atoms with Gasteiger partial charge >= 0.3 is 11.9 Å². The van der Waals surface area contributed by atoms with E-state index in [2.05, 4.69) is 71.3 Å². The van der Waals surface area contributed by atoms with Crippen molar-refractivity contribution in [3.63, 3.8) is 0 Å². The van der Waals surface area contributed by atoms with Gasteiger partial charge in [0.2, 0.25) is 0 Å². The van der Waals surface area contributed by atoms with E-state index < -0.39 is 10.8 Å². The number of carbonyl (C=O) groups is 2. The maximum atomic E-state index is 14.1. The van der Waals surface area contributed by atoms with Crippen LogP contribution in [0.2, 0.25) is 0 Å². The fraction of sp³-hybridized carbons (Fsp3) is 0.610. The Morgan fingerprint density at radius 3 is 2.39 bits per heavy atom. The number of methoxy groups -OCH3 is 2. The molecule has 2 aliphatic carbocycles. The Morgan fingerprint density at radius 2 is 1.63 bits per heavy atom. The smallest absolute Gasteiger partial charge is 0.310 e. The summed E-state index contributed by atoms with van der Waals surface area (Å²) in [6.45, 7) is 7.90. The summed E-state index contributed by atoms with van der Waals surface area (Å²) in [5.74, 6) is -0.479. The van der Waals surface area contributed by atoms with Gasteiger partial charge in [-0.15, -0.1) is 0 Å². The van der Waals surface area contributed by atoms with E-state index in [0.29, 0.717) is 0 Å². The van der Waals surface area contributed by atoms with Crippen LogP contribution in [0.4, 0.5) is 11.4 Å². The zero-order valence-corrected chi connectivity index (χ0v) is 30.1. The molecule has 9 fully saturated rings. The number of allylic oxidation sites excluding steroid dienone is 1. The molecule has 10 heteroatoms. The normalized spacial score (nSPS) is 46.6. The topological polar surface area (TPSA) is 100 Å². The van der Waals surface area contributed by atoms with Crippen molar-refractivity contribution in [1.82, 2.24) is 9.80 Å². The number of nitrogens with zero attached hydrogens (tertiary/aromatic N) is 3. The average Bonchev–Trinajstić information content (AvgIpc) is 3.34. The molecule has 12 atom stereocenters. The lowest BCUT2D eigenvalue weighted by atomic mass is 9.53. The van der Waals surface area contributed by atoms with Gasteiger partial charge in [0, 0.05) is 78.2 Å². The molecule has 51 heavy (non-hydrogen) atoms. The molecule has 10 nitrogen and oxygen atoms in total. The minimum atomic E-state index is -0.423. The number of rotatable bonds is 2. The van der Waals surface area contributed by atoms with Gasteiger partial charge in [0.05, 0.1) is 32.2 Å². The van der Waals surface area contributed by atoms with E-state index in [0.717, 1.165) is 92.3 Å². The van der Waals surface area contributed by atoms with Crippen LogP contribution in [-0.4, -0.2) is 92.2 Å². The van der Waals surface area contributed by atoms with E-state index in [-0.39, 0.29) is 58.6 Å². The summed E-state index contributed by atoms with van der Waals surface area (Å²) in [6, 6.07) is 9.18. The molecule has 0 amide bonds. The number of fused-ring (bicyclic) bond motifs is 8. The number of carbonyl (C=O) groups excluding carboxylic acids is 2. The van der Waals surface area contributed by atoms with Crippen molar-refractivity contribution in [1.29, 1.82) is 0 Å². The minimum absolute atomic E-state index is 0.0925. The van der Waals surface area contributed by atoms with Crippen LogP contribution in [0.5, 0.6) is 0 Å². The van der Waals surface area contributed by atoms with Gasteiger partial charge in [-0.1, -0.05) is 11.6 Å². The first-order valence-electron chi connectivity index (χ1n) is 19.2. The molecule has 1 aromatic heterocycles. The van der Waals surface area contributed by atoms with E-state index in [1.165, 1.54) is 22.4 Å². The first-order chi connectivity index (χ1) is 24.7. The number of hydrogen-bond donors (Lipinski definition) is 1. The number of nitrogens with one attached hydrogen (secondary N) is 1. The number of hydrogen-bond acceptors (Lipinski definition) is 10. The Balaban J connectivity index is 1.07. The molecule has 266 valence electrons. The monoisotopic (exact) mass is 690 g/mol. The molecule has 2 aromatic carbocycles. The van der Waals surface area contributed by atoms with E-state index in [1.807, 2.05) is 0 Å². The van der Waals surface area contributed by atoms with Crippen LogP contribution >= 0.6 is 0 Å². The van der Waals surface area contributed by atoms with Crippen LogP contribution in [0.25, 0.3) is 21.9 Å². The fourth-order valence-corrected chi connectivity index (χ4v) is 14.9. The van der Waals surface area contributed by atoms with Gasteiger partial charge in [-0.05, 0) is 87.6 Å². The molecular weight excluding hydrogens is 644 g/mol. The quantitative estimate of drug-likeness (QED) is 0.218. The van der Waals surface area contributed by atoms with Gasteiger partial charge in [-0.3, -0.25) is 19.4 Å². The van der Waals surface area contributed by atoms with Crippen LogP contribution in [0, 0.1) is 23.7 Å². The number of benzene rings is 2. The van der Waals surface area contributed by atoms with Gasteiger partial charge in [0.15, 0.2) is 0 Å². The Morgan fingerprint density at radius 1 is 0.902 bits per heavy atom. The highest BCUT2D eigenvalue weighted by Gasteiger charge is 2.80. The lowest BCUT2D eigenvalue weighted by Gasteiger charge is -2.54. The molecule has 2 saturated carbocycles. The molecular formula is C41H46N4O6. The van der Waals surface area contributed by atoms with Crippen LogP contribution in [0.1, 0.15) is 63.5 Å². The maximum Gasteiger partial charge on any atom is 0.310 e. The number of likely N-dealkylation sites (N-methyl/N-ethyl adjacent to an activating group) is 1. The highest BCUT2D eigenvalue weighted by Crippen LogP contribution is 2.73. The van der Waals surface area contributed by atoms with Crippen LogP contribution in [-0.2, 0) is 34.6 Å². The Labute approximate surface area is 297 Å². The lowest BCUT2D eigenvalue weighted by molar-refractivity contribution is -0.155. The molecule has 3 aromatic rings. The van der Waals surface area contributed by atoms with Gasteiger partial charge in [0.1, 0.15) is 28.1 Å². The number of esters is 2. The maximum absolute atomic E-state index is 14.1. The second kappa shape index (κ2) is 8.95. The number of anilines is 2. The predicted molar refractivity (Wildman–Crippen MR) is 190 cm³/mol. The van der Waals surface area contributed by atoms with E-state index >= 15 is 0 Å². The van der Waals surface area contributed by atoms with Crippen molar-refractivity contribution in [2.45, 2.75) is 86.2 Å². The highest BCUT2D eigenvalue weighted by molar-refractivity contribution is 6.09. The van der Waals surface area contributed by atoms with Gasteiger partial charge in [-0.25, -0.2) is 0 Å². The zero-order chi connectivity index (χ0) is 34.6. The van der Waals surface area contributed by atoms with Crippen LogP contribution < -0.4 is 10.2 Å². The fourth-order valence-electron chi connectivity index (χ4n) is 14.9. The van der Waals surface area contributed by atoms with E-state index in [1.54, 1.807) is 14.2 Å². The molecule has 0 radical (unpaired) electrons. The summed E-state index contributed by atoms with van der Waals surface area (Å²) in [5, 5.41) is 6.23. The molecule has 6 unspecified atom stereocenters. The SMILES string of the molecule is C/C=C1/CN2CC[C@@]34c5cc6oc7cc8c(cc7c6cc5N(C)C23CC[C@@H]1[C@H]4C(=O)OC)[C@]12CCN3CC4(OC4C)[C@H](CCC31N8)[C@H]2C(=O)OC. The zero-order valence-electron chi connectivity index (χ0n) is 30.1. The first kappa shape index (κ1) is 29.9. The predicted octanol–water partition coefficient (Wildman–Crippen LogP) is 5.27. The summed E-state index contributed by atoms with van der Waals surface area (Å²) < 4.78 is 24.6. The van der Waals surface area contributed by atoms with Crippen molar-refractivity contribution in [2.75, 3.05) is 57.7 Å². The summed E-state index contributed by atoms with van der Waals surface area (Å²) in [5.41, 5.74) is 6.02. The van der Waals surface area contributed by atoms with Crippen molar-refractivity contribution in [3.05, 3.63) is 47.0 Å². The third kappa shape index (κ3) is 2.84. The van der Waals surface area contributed by atoms with Crippen molar-refractivity contribution in [3.8, 4) is 0 Å². The minimum Gasteiger partial charge on any atom is -0.469 e. The summed E-state index contributed by atoms with van der Waals surface area (Å²) in [4.78, 5) is 35.8. The lowest BCUT2D eigenvalue weighted by Crippen LogP contribution is -2.66. The van der Waals surface area contributed by atoms with E-state index in [4.69, 9.17) is 18.6 Å². The number of furan rings is 1. The standard InChI is InChI=1S/C41H46N4O6/c1-6-22-19-44-13-12-38-28-17-31-25(16-30(28)43(3)41(38,44)10-7-23(22)33(38)35(46)48-4)24-15-27-29(18-32(24)50-31)42-40-9-8-26-34(36(47)49-5)37(27,40)11-14-45(40)20-39(26)21(2)51-39/h6,15-18,21,23,26,33-34,42H,7-14,19-20H2,1-5H3/b22-6-/t21?,23-,26+,33-,34-,37-,38-,39?,40?,41?/m0/s1. The largest absolute Gasteiger partial charge is 0.469 e.